The minimum Gasteiger partial charge on any atom is -0.490 e. The summed E-state index contributed by atoms with van der Waals surface area (Å²) < 4.78 is 16.9. The summed E-state index contributed by atoms with van der Waals surface area (Å²) in [5, 5.41) is 16.1. The predicted octanol–water partition coefficient (Wildman–Crippen LogP) is 1.98. The molecule has 1 aromatic rings. The molecule has 1 atom stereocenters. The molecule has 1 saturated heterocycles. The Labute approximate surface area is 168 Å². The number of hydrogen-bond acceptors (Lipinski definition) is 5. The first-order chi connectivity index (χ1) is 13.7. The van der Waals surface area contributed by atoms with Crippen LogP contribution < -0.4 is 20.1 Å². The Balaban J connectivity index is 1.84. The van der Waals surface area contributed by atoms with Gasteiger partial charge in [-0.05, 0) is 50.8 Å². The monoisotopic (exact) mass is 393 g/mol. The summed E-state index contributed by atoms with van der Waals surface area (Å²) in [5.74, 6) is 2.34. The number of nitrogens with zero attached hydrogens (tertiary/aromatic N) is 1. The smallest absolute Gasteiger partial charge is 0.191 e. The fraction of sp³-hybridized carbons (Fsp3) is 0.667. The van der Waals surface area contributed by atoms with Gasteiger partial charge in [0.1, 0.15) is 0 Å². The molecule has 7 heteroatoms. The zero-order chi connectivity index (χ0) is 20.2. The van der Waals surface area contributed by atoms with Crippen LogP contribution in [0.3, 0.4) is 0 Å². The van der Waals surface area contributed by atoms with Gasteiger partial charge in [0, 0.05) is 38.8 Å². The summed E-state index contributed by atoms with van der Waals surface area (Å²) in [4.78, 5) is 4.30. The van der Waals surface area contributed by atoms with E-state index < -0.39 is 0 Å². The van der Waals surface area contributed by atoms with E-state index in [2.05, 4.69) is 21.7 Å². The summed E-state index contributed by atoms with van der Waals surface area (Å²) in [6.07, 6.45) is 2.55. The molecule has 1 aliphatic heterocycles. The molecule has 1 unspecified atom stereocenters. The quantitative estimate of drug-likeness (QED) is 0.394. The number of benzene rings is 1. The van der Waals surface area contributed by atoms with Crippen LogP contribution in [-0.4, -0.2) is 64.2 Å². The van der Waals surface area contributed by atoms with Crippen molar-refractivity contribution in [2.75, 3.05) is 53.2 Å². The molecule has 7 nitrogen and oxygen atoms in total. The van der Waals surface area contributed by atoms with Gasteiger partial charge in [-0.3, -0.25) is 4.99 Å². The van der Waals surface area contributed by atoms with Crippen molar-refractivity contribution >= 4 is 5.96 Å². The van der Waals surface area contributed by atoms with Crippen LogP contribution in [0.1, 0.15) is 32.3 Å². The molecule has 0 spiro atoms. The van der Waals surface area contributed by atoms with Crippen molar-refractivity contribution in [3.8, 4) is 11.5 Å². The average Bonchev–Trinajstić information content (AvgIpc) is 3.16. The molecule has 28 heavy (non-hydrogen) atoms. The van der Waals surface area contributed by atoms with Gasteiger partial charge in [-0.15, -0.1) is 0 Å². The molecule has 0 amide bonds. The molecular formula is C21H35N3O4. The van der Waals surface area contributed by atoms with E-state index >= 15 is 0 Å². The Hall–Kier alpha value is -1.99. The topological polar surface area (TPSA) is 84.3 Å². The van der Waals surface area contributed by atoms with E-state index in [1.807, 2.05) is 26.0 Å². The first-order valence-corrected chi connectivity index (χ1v) is 10.2. The van der Waals surface area contributed by atoms with E-state index in [-0.39, 0.29) is 12.0 Å². The minimum absolute atomic E-state index is 0.00608. The van der Waals surface area contributed by atoms with Gasteiger partial charge in [0.05, 0.1) is 19.8 Å². The number of aliphatic hydroxyl groups excluding tert-OH is 1. The van der Waals surface area contributed by atoms with Gasteiger partial charge in [-0.1, -0.05) is 6.07 Å². The molecule has 0 bridgehead atoms. The van der Waals surface area contributed by atoms with Gasteiger partial charge in [0.15, 0.2) is 17.5 Å². The van der Waals surface area contributed by atoms with Crippen molar-refractivity contribution in [2.24, 2.45) is 10.4 Å². The van der Waals surface area contributed by atoms with Crippen molar-refractivity contribution in [3.05, 3.63) is 23.8 Å². The number of guanidine groups is 1. The Morgan fingerprint density at radius 3 is 2.64 bits per heavy atom. The van der Waals surface area contributed by atoms with Crippen LogP contribution in [-0.2, 0) is 11.2 Å². The number of nitrogens with one attached hydrogen (secondary N) is 2. The molecule has 2 rings (SSSR count). The fourth-order valence-electron chi connectivity index (χ4n) is 3.38. The number of aliphatic imine (C=N–C) groups is 1. The molecule has 1 aliphatic rings. The van der Waals surface area contributed by atoms with Crippen molar-refractivity contribution < 1.29 is 19.3 Å². The van der Waals surface area contributed by atoms with Crippen molar-refractivity contribution in [2.45, 2.75) is 33.1 Å². The lowest BCUT2D eigenvalue weighted by Gasteiger charge is -2.27. The molecule has 1 fully saturated rings. The van der Waals surface area contributed by atoms with Gasteiger partial charge >= 0.3 is 0 Å². The average molecular weight is 394 g/mol. The molecule has 0 aliphatic carbocycles. The second-order valence-electron chi connectivity index (χ2n) is 7.03. The molecule has 1 aromatic carbocycles. The number of rotatable bonds is 11. The van der Waals surface area contributed by atoms with Crippen LogP contribution in [0.4, 0.5) is 0 Å². The van der Waals surface area contributed by atoms with E-state index in [1.54, 1.807) is 7.05 Å². The number of ether oxygens (including phenoxy) is 3. The molecule has 0 radical (unpaired) electrons. The lowest BCUT2D eigenvalue weighted by atomic mass is 9.84. The van der Waals surface area contributed by atoms with Crippen LogP contribution in [0.15, 0.2) is 23.2 Å². The Kier molecular flexibility index (Phi) is 9.37. The molecule has 158 valence electrons. The van der Waals surface area contributed by atoms with Crippen LogP contribution in [0, 0.1) is 5.41 Å². The SMILES string of the molecule is CCOc1ccc(CCNC(=NC)NCC2(CCO)CCOC2)cc1OCC. The lowest BCUT2D eigenvalue weighted by Crippen LogP contribution is -2.45. The summed E-state index contributed by atoms with van der Waals surface area (Å²) >= 11 is 0. The van der Waals surface area contributed by atoms with Crippen molar-refractivity contribution in [3.63, 3.8) is 0 Å². The Morgan fingerprint density at radius 2 is 2.00 bits per heavy atom. The highest BCUT2D eigenvalue weighted by atomic mass is 16.5. The van der Waals surface area contributed by atoms with Crippen LogP contribution in [0.25, 0.3) is 0 Å². The maximum Gasteiger partial charge on any atom is 0.191 e. The molecule has 0 saturated carbocycles. The van der Waals surface area contributed by atoms with E-state index in [0.717, 1.165) is 56.4 Å². The van der Waals surface area contributed by atoms with Gasteiger partial charge < -0.3 is 30.0 Å². The highest BCUT2D eigenvalue weighted by molar-refractivity contribution is 5.79. The minimum atomic E-state index is -0.00608. The summed E-state index contributed by atoms with van der Waals surface area (Å²) in [6, 6.07) is 6.08. The highest BCUT2D eigenvalue weighted by Crippen LogP contribution is 2.31. The van der Waals surface area contributed by atoms with Crippen molar-refractivity contribution in [1.82, 2.24) is 10.6 Å². The maximum atomic E-state index is 9.35. The molecule has 3 N–H and O–H groups in total. The normalized spacial score (nSPS) is 19.5. The lowest BCUT2D eigenvalue weighted by molar-refractivity contribution is 0.127. The highest BCUT2D eigenvalue weighted by Gasteiger charge is 2.34. The summed E-state index contributed by atoms with van der Waals surface area (Å²) in [5.41, 5.74) is 1.17. The summed E-state index contributed by atoms with van der Waals surface area (Å²) in [7, 11) is 1.77. The third-order valence-electron chi connectivity index (χ3n) is 5.00. The zero-order valence-corrected chi connectivity index (χ0v) is 17.4. The first kappa shape index (κ1) is 22.3. The molecular weight excluding hydrogens is 358 g/mol. The fourth-order valence-corrected chi connectivity index (χ4v) is 3.38. The van der Waals surface area contributed by atoms with E-state index in [9.17, 15) is 5.11 Å². The van der Waals surface area contributed by atoms with Crippen LogP contribution >= 0.6 is 0 Å². The van der Waals surface area contributed by atoms with E-state index in [0.29, 0.717) is 19.8 Å². The van der Waals surface area contributed by atoms with Crippen LogP contribution in [0.2, 0.25) is 0 Å². The molecule has 0 aromatic heterocycles. The Bertz CT molecular complexity index is 616. The largest absolute Gasteiger partial charge is 0.490 e. The van der Waals surface area contributed by atoms with Gasteiger partial charge in [-0.25, -0.2) is 0 Å². The third kappa shape index (κ3) is 6.56. The van der Waals surface area contributed by atoms with E-state index in [1.165, 1.54) is 5.56 Å². The van der Waals surface area contributed by atoms with Gasteiger partial charge in [-0.2, -0.15) is 0 Å². The van der Waals surface area contributed by atoms with E-state index in [4.69, 9.17) is 14.2 Å². The first-order valence-electron chi connectivity index (χ1n) is 10.2. The standard InChI is InChI=1S/C21H35N3O4/c1-4-27-18-7-6-17(14-19(18)28-5-2)8-11-23-20(22-3)24-15-21(9-12-25)10-13-26-16-21/h6-7,14,25H,4-5,8-13,15-16H2,1-3H3,(H2,22,23,24). The van der Waals surface area contributed by atoms with Gasteiger partial charge in [0.2, 0.25) is 0 Å². The summed E-state index contributed by atoms with van der Waals surface area (Å²) in [6.45, 7) is 8.28. The third-order valence-corrected chi connectivity index (χ3v) is 5.00. The van der Waals surface area contributed by atoms with Crippen LogP contribution in [0.5, 0.6) is 11.5 Å². The van der Waals surface area contributed by atoms with Crippen molar-refractivity contribution in [1.29, 1.82) is 0 Å². The Morgan fingerprint density at radius 1 is 1.21 bits per heavy atom. The second-order valence-corrected chi connectivity index (χ2v) is 7.03. The predicted molar refractivity (Wildman–Crippen MR) is 111 cm³/mol. The second kappa shape index (κ2) is 11.8. The van der Waals surface area contributed by atoms with Gasteiger partial charge in [0.25, 0.3) is 0 Å². The number of aliphatic hydroxyl groups is 1. The zero-order valence-electron chi connectivity index (χ0n) is 17.4. The maximum absolute atomic E-state index is 9.35. The number of hydrogen-bond donors (Lipinski definition) is 3. The molecule has 1 heterocycles.